The maximum absolute atomic E-state index is 13.8. The number of azide groups is 1. The number of hydrogen-bond donors (Lipinski definition) is 3. The Labute approximate surface area is 264 Å². The zero-order valence-corrected chi connectivity index (χ0v) is 27.4. The summed E-state index contributed by atoms with van der Waals surface area (Å²) in [5.74, 6) is -0.893. The van der Waals surface area contributed by atoms with E-state index in [1.807, 2.05) is 64.4 Å². The molecule has 1 fully saturated rings. The van der Waals surface area contributed by atoms with Crippen molar-refractivity contribution in [3.8, 4) is 10.4 Å². The number of aliphatic hydroxyl groups is 1. The van der Waals surface area contributed by atoms with E-state index >= 15 is 0 Å². The van der Waals surface area contributed by atoms with Gasteiger partial charge in [0.05, 0.1) is 28.2 Å². The maximum Gasteiger partial charge on any atom is 0.246 e. The van der Waals surface area contributed by atoms with Gasteiger partial charge in [0.2, 0.25) is 17.7 Å². The molecule has 3 N–H and O–H groups in total. The van der Waals surface area contributed by atoms with Gasteiger partial charge in [0, 0.05) is 30.8 Å². The molecule has 3 amide bonds. The van der Waals surface area contributed by atoms with Crippen LogP contribution in [0.3, 0.4) is 0 Å². The van der Waals surface area contributed by atoms with Crippen molar-refractivity contribution >= 4 is 29.1 Å². The van der Waals surface area contributed by atoms with Crippen molar-refractivity contribution < 1.29 is 19.5 Å². The summed E-state index contributed by atoms with van der Waals surface area (Å²) in [7, 11) is 0. The van der Waals surface area contributed by atoms with E-state index in [2.05, 4.69) is 25.6 Å². The SMILES string of the molecule is Cc1ncsc1-c1ccc([C@H](C)NC(=O)[C@@H]2C[C@@H](O)CN2C(=O)[C@@H](NC(=O)CCCCCCCCN=[N+]=[N-])C(C)(C)C)cc1. The molecular formula is C32H47N7O4S. The molecule has 0 bridgehead atoms. The van der Waals surface area contributed by atoms with Crippen LogP contribution in [0, 0.1) is 12.3 Å². The number of aliphatic hydroxyl groups excluding tert-OH is 1. The number of nitrogens with one attached hydrogen (secondary N) is 2. The summed E-state index contributed by atoms with van der Waals surface area (Å²) in [6, 6.07) is 6.00. The van der Waals surface area contributed by atoms with Crippen LogP contribution in [-0.2, 0) is 14.4 Å². The predicted molar refractivity (Wildman–Crippen MR) is 173 cm³/mol. The number of unbranched alkanes of at least 4 members (excludes halogenated alkanes) is 5. The molecule has 11 nitrogen and oxygen atoms in total. The van der Waals surface area contributed by atoms with Crippen LogP contribution in [0.2, 0.25) is 0 Å². The van der Waals surface area contributed by atoms with E-state index in [0.29, 0.717) is 19.4 Å². The van der Waals surface area contributed by atoms with Gasteiger partial charge in [0.15, 0.2) is 0 Å². The van der Waals surface area contributed by atoms with Gasteiger partial charge in [-0.1, -0.05) is 75.8 Å². The van der Waals surface area contributed by atoms with Crippen LogP contribution < -0.4 is 10.6 Å². The van der Waals surface area contributed by atoms with Crippen molar-refractivity contribution in [1.29, 1.82) is 0 Å². The van der Waals surface area contributed by atoms with Gasteiger partial charge in [-0.15, -0.1) is 11.3 Å². The zero-order chi connectivity index (χ0) is 32.3. The normalized spacial score (nSPS) is 17.9. The summed E-state index contributed by atoms with van der Waals surface area (Å²) in [5, 5.41) is 20.0. The molecule has 3 rings (SSSR count). The van der Waals surface area contributed by atoms with E-state index < -0.39 is 23.6 Å². The average molecular weight is 626 g/mol. The minimum absolute atomic E-state index is 0.0380. The third-order valence-electron chi connectivity index (χ3n) is 8.04. The van der Waals surface area contributed by atoms with E-state index in [-0.39, 0.29) is 36.7 Å². The van der Waals surface area contributed by atoms with Gasteiger partial charge in [-0.2, -0.15) is 0 Å². The molecule has 0 radical (unpaired) electrons. The quantitative estimate of drug-likeness (QED) is 0.0981. The Morgan fingerprint density at radius 3 is 2.39 bits per heavy atom. The van der Waals surface area contributed by atoms with Crippen molar-refractivity contribution in [3.63, 3.8) is 0 Å². The zero-order valence-electron chi connectivity index (χ0n) is 26.6. The number of carbonyl (C=O) groups is 3. The Balaban J connectivity index is 1.56. The number of thiazole rings is 1. The van der Waals surface area contributed by atoms with Crippen LogP contribution in [0.4, 0.5) is 0 Å². The van der Waals surface area contributed by atoms with Crippen LogP contribution in [0.25, 0.3) is 20.9 Å². The van der Waals surface area contributed by atoms with Crippen LogP contribution in [0.1, 0.15) is 96.4 Å². The minimum Gasteiger partial charge on any atom is -0.391 e. The fraction of sp³-hybridized carbons (Fsp3) is 0.625. The fourth-order valence-corrected chi connectivity index (χ4v) is 6.28. The van der Waals surface area contributed by atoms with E-state index in [0.717, 1.165) is 53.8 Å². The highest BCUT2D eigenvalue weighted by atomic mass is 32.1. The molecule has 4 atom stereocenters. The summed E-state index contributed by atoms with van der Waals surface area (Å²) in [6.07, 6.45) is 5.09. The van der Waals surface area contributed by atoms with Gasteiger partial charge < -0.3 is 20.6 Å². The molecule has 1 aliphatic heterocycles. The lowest BCUT2D eigenvalue weighted by atomic mass is 9.85. The topological polar surface area (TPSA) is 160 Å². The van der Waals surface area contributed by atoms with Crippen LogP contribution in [0.5, 0.6) is 0 Å². The average Bonchev–Trinajstić information content (AvgIpc) is 3.59. The number of amides is 3. The first kappa shape index (κ1) is 35.0. The highest BCUT2D eigenvalue weighted by molar-refractivity contribution is 7.13. The smallest absolute Gasteiger partial charge is 0.246 e. The number of nitrogens with zero attached hydrogens (tertiary/aromatic N) is 5. The van der Waals surface area contributed by atoms with Gasteiger partial charge in [-0.3, -0.25) is 14.4 Å². The molecule has 1 aromatic carbocycles. The van der Waals surface area contributed by atoms with Crippen LogP contribution >= 0.6 is 11.3 Å². The summed E-state index contributed by atoms with van der Waals surface area (Å²) in [4.78, 5) is 49.7. The summed E-state index contributed by atoms with van der Waals surface area (Å²) >= 11 is 1.58. The Morgan fingerprint density at radius 2 is 1.77 bits per heavy atom. The van der Waals surface area contributed by atoms with Crippen molar-refractivity contribution in [1.82, 2.24) is 20.5 Å². The molecule has 1 aromatic heterocycles. The Bertz CT molecular complexity index is 1300. The van der Waals surface area contributed by atoms with Gasteiger partial charge >= 0.3 is 0 Å². The van der Waals surface area contributed by atoms with Crippen molar-refractivity contribution in [2.45, 2.75) is 110 Å². The summed E-state index contributed by atoms with van der Waals surface area (Å²) < 4.78 is 0. The van der Waals surface area contributed by atoms with Crippen LogP contribution in [-0.4, -0.2) is 64.0 Å². The molecule has 44 heavy (non-hydrogen) atoms. The largest absolute Gasteiger partial charge is 0.391 e. The van der Waals surface area contributed by atoms with Crippen LogP contribution in [0.15, 0.2) is 34.9 Å². The van der Waals surface area contributed by atoms with E-state index in [1.165, 1.54) is 4.90 Å². The molecule has 240 valence electrons. The predicted octanol–water partition coefficient (Wildman–Crippen LogP) is 5.83. The van der Waals surface area contributed by atoms with Crippen molar-refractivity contribution in [3.05, 3.63) is 51.5 Å². The Morgan fingerprint density at radius 1 is 1.11 bits per heavy atom. The van der Waals surface area contributed by atoms with E-state index in [9.17, 15) is 19.5 Å². The van der Waals surface area contributed by atoms with E-state index in [1.54, 1.807) is 11.3 Å². The van der Waals surface area contributed by atoms with Crippen molar-refractivity contribution in [2.75, 3.05) is 13.1 Å². The molecule has 0 saturated carbocycles. The second-order valence-electron chi connectivity index (χ2n) is 12.7. The first-order chi connectivity index (χ1) is 20.9. The Kier molecular flexibility index (Phi) is 13.2. The number of β-amino-alcohol motifs (C(OH)–C–C–N with tert-alkyl or cyclic N) is 1. The van der Waals surface area contributed by atoms with Crippen molar-refractivity contribution in [2.24, 2.45) is 10.5 Å². The molecule has 1 aliphatic rings. The van der Waals surface area contributed by atoms with Gasteiger partial charge in [0.25, 0.3) is 0 Å². The summed E-state index contributed by atoms with van der Waals surface area (Å²) in [6.45, 7) is 10.1. The highest BCUT2D eigenvalue weighted by Gasteiger charge is 2.44. The lowest BCUT2D eigenvalue weighted by Gasteiger charge is -2.35. The molecule has 0 aliphatic carbocycles. The highest BCUT2D eigenvalue weighted by Crippen LogP contribution is 2.29. The number of aromatic nitrogens is 1. The lowest BCUT2D eigenvalue weighted by Crippen LogP contribution is -2.57. The monoisotopic (exact) mass is 625 g/mol. The standard InChI is InChI=1S/C32H47N7O4S/c1-21(23-13-15-24(16-14-23)28-22(2)34-20-44-28)36-30(42)26-18-25(40)19-39(26)31(43)29(32(3,4)5)37-27(41)12-10-8-6-7-9-11-17-35-38-33/h13-16,20-21,25-26,29,40H,6-12,17-19H2,1-5H3,(H,36,42)(H,37,41)/t21-,25+,26-,29+/m0/s1. The van der Waals surface area contributed by atoms with E-state index in [4.69, 9.17) is 5.53 Å². The third kappa shape index (κ3) is 10.0. The molecule has 1 saturated heterocycles. The number of hydrogen-bond acceptors (Lipinski definition) is 7. The fourth-order valence-electron chi connectivity index (χ4n) is 5.47. The molecule has 0 unspecified atom stereocenters. The second-order valence-corrected chi connectivity index (χ2v) is 13.6. The second kappa shape index (κ2) is 16.6. The lowest BCUT2D eigenvalue weighted by molar-refractivity contribution is -0.144. The molecule has 2 heterocycles. The molecule has 2 aromatic rings. The molecule has 0 spiro atoms. The van der Waals surface area contributed by atoms with Gasteiger partial charge in [-0.05, 0) is 48.8 Å². The summed E-state index contributed by atoms with van der Waals surface area (Å²) in [5.41, 5.74) is 12.5. The Hall–Kier alpha value is -3.47. The first-order valence-corrected chi connectivity index (χ1v) is 16.4. The number of aryl methyl sites for hydroxylation is 1. The number of carbonyl (C=O) groups excluding carboxylic acids is 3. The third-order valence-corrected chi connectivity index (χ3v) is 9.01. The van der Waals surface area contributed by atoms with Gasteiger partial charge in [0.1, 0.15) is 12.1 Å². The first-order valence-electron chi connectivity index (χ1n) is 15.5. The number of benzene rings is 1. The number of rotatable bonds is 15. The molecule has 12 heteroatoms. The van der Waals surface area contributed by atoms with Gasteiger partial charge in [-0.25, -0.2) is 4.98 Å². The minimum atomic E-state index is -0.837. The maximum atomic E-state index is 13.8. The number of likely N-dealkylation sites (tertiary alicyclic amines) is 1. The molecular weight excluding hydrogens is 578 g/mol.